The maximum Gasteiger partial charge on any atom is 0.394 e. The number of para-hydroxylation sites is 2. The Balaban J connectivity index is 0.000000312. The van der Waals surface area contributed by atoms with Crippen LogP contribution in [0.1, 0.15) is 0 Å². The topological polar surface area (TPSA) is 104 Å². The summed E-state index contributed by atoms with van der Waals surface area (Å²) in [5, 5.41) is 1.67. The number of hydrogen-bond acceptors (Lipinski definition) is 4. The Morgan fingerprint density at radius 3 is 1.32 bits per heavy atom. The Labute approximate surface area is 111 Å². The van der Waals surface area contributed by atoms with Crippen LogP contribution in [0, 0.1) is 0 Å². The molecule has 0 atom stereocenters. The van der Waals surface area contributed by atoms with Crippen molar-refractivity contribution in [2.24, 2.45) is 5.84 Å². The fraction of sp³-hybridized carbons (Fsp3) is 0. The molecule has 0 saturated carbocycles. The third-order valence-electron chi connectivity index (χ3n) is 2.07. The van der Waals surface area contributed by atoms with Gasteiger partial charge >= 0.3 is 10.4 Å². The lowest BCUT2D eigenvalue weighted by Gasteiger charge is -2.18. The zero-order valence-electron chi connectivity index (χ0n) is 9.92. The molecule has 0 saturated heterocycles. The fourth-order valence-electron chi connectivity index (χ4n) is 1.33. The van der Waals surface area contributed by atoms with Crippen LogP contribution in [0.4, 0.5) is 11.4 Å². The van der Waals surface area contributed by atoms with Crippen molar-refractivity contribution in [3.05, 3.63) is 60.7 Å². The van der Waals surface area contributed by atoms with Crippen LogP contribution in [-0.2, 0) is 10.4 Å². The predicted octanol–water partition coefficient (Wildman–Crippen LogP) is 2.05. The van der Waals surface area contributed by atoms with Gasteiger partial charge in [0.25, 0.3) is 0 Å². The summed E-state index contributed by atoms with van der Waals surface area (Å²) in [5.74, 6) is 5.95. The highest BCUT2D eigenvalue weighted by molar-refractivity contribution is 7.79. The molecule has 0 aliphatic rings. The van der Waals surface area contributed by atoms with Gasteiger partial charge in [0.15, 0.2) is 0 Å². The van der Waals surface area contributed by atoms with E-state index < -0.39 is 10.4 Å². The van der Waals surface area contributed by atoms with E-state index in [0.29, 0.717) is 0 Å². The average molecular weight is 282 g/mol. The maximum atomic E-state index is 8.74. The van der Waals surface area contributed by atoms with Crippen LogP contribution in [0.25, 0.3) is 0 Å². The number of hydrogen-bond donors (Lipinski definition) is 3. The molecule has 0 spiro atoms. The van der Waals surface area contributed by atoms with Crippen molar-refractivity contribution in [3.8, 4) is 0 Å². The highest BCUT2D eigenvalue weighted by Gasteiger charge is 2.01. The van der Waals surface area contributed by atoms with E-state index in [4.69, 9.17) is 23.4 Å². The Kier molecular flexibility index (Phi) is 5.46. The predicted molar refractivity (Wildman–Crippen MR) is 73.4 cm³/mol. The standard InChI is InChI=1S/C12H12N2.H2O4S/c13-14(11-7-3-1-4-8-11)12-9-5-2-6-10-12;1-5(2,3)4/h1-10H,13H2;(H2,1,2,3,4). The first-order valence-electron chi connectivity index (χ1n) is 5.23. The molecule has 0 radical (unpaired) electrons. The van der Waals surface area contributed by atoms with Gasteiger partial charge in [-0.15, -0.1) is 0 Å². The lowest BCUT2D eigenvalue weighted by atomic mass is 10.2. The second-order valence-corrected chi connectivity index (χ2v) is 4.38. The first-order chi connectivity index (χ1) is 8.88. The molecule has 0 unspecified atom stereocenters. The van der Waals surface area contributed by atoms with E-state index in [2.05, 4.69) is 0 Å². The molecule has 2 aromatic rings. The third kappa shape index (κ3) is 6.53. The normalized spacial score (nSPS) is 10.3. The van der Waals surface area contributed by atoms with Crippen molar-refractivity contribution >= 4 is 21.8 Å². The van der Waals surface area contributed by atoms with Gasteiger partial charge in [-0.05, 0) is 24.3 Å². The minimum Gasteiger partial charge on any atom is -0.280 e. The number of rotatable bonds is 2. The largest absolute Gasteiger partial charge is 0.394 e. The quantitative estimate of drug-likeness (QED) is 0.442. The maximum absolute atomic E-state index is 8.74. The summed E-state index contributed by atoms with van der Waals surface area (Å²) in [5.41, 5.74) is 1.97. The smallest absolute Gasteiger partial charge is 0.280 e. The number of nitrogens with zero attached hydrogens (tertiary/aromatic N) is 1. The third-order valence-corrected chi connectivity index (χ3v) is 2.07. The Bertz CT molecular complexity index is 540. The molecular formula is C12H14N2O4S. The van der Waals surface area contributed by atoms with Crippen LogP contribution in [-0.4, -0.2) is 17.5 Å². The summed E-state index contributed by atoms with van der Waals surface area (Å²) >= 11 is 0. The van der Waals surface area contributed by atoms with Gasteiger partial charge in [0.2, 0.25) is 0 Å². The molecule has 0 fully saturated rings. The van der Waals surface area contributed by atoms with Gasteiger partial charge in [0.1, 0.15) is 0 Å². The molecule has 0 aromatic heterocycles. The molecule has 6 nitrogen and oxygen atoms in total. The minimum atomic E-state index is -4.67. The van der Waals surface area contributed by atoms with Crippen molar-refractivity contribution in [2.45, 2.75) is 0 Å². The second-order valence-electron chi connectivity index (χ2n) is 3.49. The van der Waals surface area contributed by atoms with Crippen LogP contribution in [0.2, 0.25) is 0 Å². The SMILES string of the molecule is NN(c1ccccc1)c1ccccc1.O=S(=O)(O)O. The highest BCUT2D eigenvalue weighted by atomic mass is 32.3. The molecule has 0 bridgehead atoms. The van der Waals surface area contributed by atoms with Crippen LogP contribution < -0.4 is 10.9 Å². The minimum absolute atomic E-state index is 0.985. The monoisotopic (exact) mass is 282 g/mol. The number of benzene rings is 2. The van der Waals surface area contributed by atoms with Crippen LogP contribution in [0.3, 0.4) is 0 Å². The van der Waals surface area contributed by atoms with E-state index >= 15 is 0 Å². The molecule has 0 aliphatic heterocycles. The van der Waals surface area contributed by atoms with E-state index in [1.54, 1.807) is 5.01 Å². The summed E-state index contributed by atoms with van der Waals surface area (Å²) in [4.78, 5) is 0. The van der Waals surface area contributed by atoms with Crippen molar-refractivity contribution in [2.75, 3.05) is 5.01 Å². The zero-order valence-corrected chi connectivity index (χ0v) is 10.7. The molecule has 7 heteroatoms. The Hall–Kier alpha value is -1.93. The van der Waals surface area contributed by atoms with Crippen LogP contribution in [0.15, 0.2) is 60.7 Å². The molecule has 2 rings (SSSR count). The highest BCUT2D eigenvalue weighted by Crippen LogP contribution is 2.20. The van der Waals surface area contributed by atoms with Crippen molar-refractivity contribution in [1.82, 2.24) is 0 Å². The van der Waals surface area contributed by atoms with E-state index in [1.807, 2.05) is 60.7 Å². The number of nitrogens with two attached hydrogens (primary N) is 1. The first kappa shape index (κ1) is 15.1. The summed E-state index contributed by atoms with van der Waals surface area (Å²) < 4.78 is 31.6. The number of hydrazine groups is 1. The van der Waals surface area contributed by atoms with Gasteiger partial charge < -0.3 is 0 Å². The van der Waals surface area contributed by atoms with Gasteiger partial charge in [-0.3, -0.25) is 14.1 Å². The molecule has 2 aromatic carbocycles. The zero-order chi connectivity index (χ0) is 14.3. The van der Waals surface area contributed by atoms with E-state index in [1.165, 1.54) is 0 Å². The molecule has 102 valence electrons. The van der Waals surface area contributed by atoms with E-state index in [-0.39, 0.29) is 0 Å². The number of anilines is 2. The van der Waals surface area contributed by atoms with Gasteiger partial charge in [0.05, 0.1) is 11.4 Å². The molecule has 0 aliphatic carbocycles. The van der Waals surface area contributed by atoms with E-state index in [0.717, 1.165) is 11.4 Å². The molecule has 4 N–H and O–H groups in total. The average Bonchev–Trinajstić information content (AvgIpc) is 2.38. The lowest BCUT2D eigenvalue weighted by molar-refractivity contribution is 0.381. The van der Waals surface area contributed by atoms with Gasteiger partial charge in [-0.25, -0.2) is 5.84 Å². The van der Waals surface area contributed by atoms with Crippen molar-refractivity contribution in [3.63, 3.8) is 0 Å². The van der Waals surface area contributed by atoms with Crippen LogP contribution in [0.5, 0.6) is 0 Å². The molecule has 0 heterocycles. The second kappa shape index (κ2) is 6.86. The van der Waals surface area contributed by atoms with Gasteiger partial charge in [0, 0.05) is 0 Å². The van der Waals surface area contributed by atoms with Crippen molar-refractivity contribution in [1.29, 1.82) is 0 Å². The molecule has 19 heavy (non-hydrogen) atoms. The molecular weight excluding hydrogens is 268 g/mol. The van der Waals surface area contributed by atoms with Crippen molar-refractivity contribution < 1.29 is 17.5 Å². The first-order valence-corrected chi connectivity index (χ1v) is 6.62. The van der Waals surface area contributed by atoms with Crippen LogP contribution >= 0.6 is 0 Å². The molecule has 0 amide bonds. The van der Waals surface area contributed by atoms with Gasteiger partial charge in [-0.1, -0.05) is 36.4 Å². The summed E-state index contributed by atoms with van der Waals surface area (Å²) in [6.45, 7) is 0. The lowest BCUT2D eigenvalue weighted by Crippen LogP contribution is -2.24. The Morgan fingerprint density at radius 1 is 0.789 bits per heavy atom. The summed E-state index contributed by atoms with van der Waals surface area (Å²) in [7, 11) is -4.67. The fourth-order valence-corrected chi connectivity index (χ4v) is 1.33. The summed E-state index contributed by atoms with van der Waals surface area (Å²) in [6.07, 6.45) is 0. The Morgan fingerprint density at radius 2 is 1.05 bits per heavy atom. The summed E-state index contributed by atoms with van der Waals surface area (Å²) in [6, 6.07) is 19.7. The van der Waals surface area contributed by atoms with Gasteiger partial charge in [-0.2, -0.15) is 8.42 Å². The van der Waals surface area contributed by atoms with E-state index in [9.17, 15) is 0 Å².